The van der Waals surface area contributed by atoms with Crippen LogP contribution in [0.3, 0.4) is 0 Å². The third-order valence-electron chi connectivity index (χ3n) is 2.66. The molecule has 2 N–H and O–H groups in total. The summed E-state index contributed by atoms with van der Waals surface area (Å²) >= 11 is 3.21. The van der Waals surface area contributed by atoms with Crippen molar-refractivity contribution in [1.29, 1.82) is 0 Å². The summed E-state index contributed by atoms with van der Waals surface area (Å²) in [5.74, 6) is 0. The molecule has 0 fully saturated rings. The van der Waals surface area contributed by atoms with Gasteiger partial charge in [-0.2, -0.15) is 0 Å². The molecule has 0 saturated heterocycles. The Morgan fingerprint density at radius 2 is 2.05 bits per heavy atom. The van der Waals surface area contributed by atoms with Crippen molar-refractivity contribution >= 4 is 26.0 Å². The van der Waals surface area contributed by atoms with Crippen LogP contribution in [0.2, 0.25) is 0 Å². The molecule has 8 heteroatoms. The maximum atomic E-state index is 12.2. The van der Waals surface area contributed by atoms with Crippen molar-refractivity contribution in [3.63, 3.8) is 0 Å². The van der Waals surface area contributed by atoms with Crippen LogP contribution in [0.15, 0.2) is 27.6 Å². The molecule has 1 aromatic rings. The summed E-state index contributed by atoms with van der Waals surface area (Å²) in [5.41, 5.74) is 0.543. The zero-order valence-electron chi connectivity index (χ0n) is 11.8. The molecule has 0 radical (unpaired) electrons. The van der Waals surface area contributed by atoms with Crippen LogP contribution in [0.1, 0.15) is 12.0 Å². The van der Waals surface area contributed by atoms with Gasteiger partial charge in [0.05, 0.1) is 24.7 Å². The summed E-state index contributed by atoms with van der Waals surface area (Å²) in [6.45, 7) is 1.55. The van der Waals surface area contributed by atoms with Gasteiger partial charge in [-0.15, -0.1) is 0 Å². The number of hydrogen-bond acceptors (Lipinski definition) is 5. The SMILES string of the molecule is COCCOCCCNS(=O)(=O)c1cc(CO)ccc1Br. The van der Waals surface area contributed by atoms with Crippen molar-refractivity contribution in [3.8, 4) is 0 Å². The first-order valence-electron chi connectivity index (χ1n) is 6.47. The largest absolute Gasteiger partial charge is 0.392 e. The van der Waals surface area contributed by atoms with E-state index in [1.807, 2.05) is 0 Å². The second-order valence-electron chi connectivity index (χ2n) is 4.28. The fraction of sp³-hybridized carbons (Fsp3) is 0.538. The molecule has 0 aliphatic heterocycles. The molecule has 0 aliphatic rings. The minimum atomic E-state index is -3.61. The number of ether oxygens (including phenoxy) is 2. The zero-order valence-corrected chi connectivity index (χ0v) is 14.2. The summed E-state index contributed by atoms with van der Waals surface area (Å²) < 4.78 is 37.4. The average molecular weight is 382 g/mol. The standard InChI is InChI=1S/C13H20BrNO5S/c1-19-7-8-20-6-2-5-15-21(17,18)13-9-11(10-16)3-4-12(13)14/h3-4,9,15-16H,2,5-8,10H2,1H3. The van der Waals surface area contributed by atoms with Gasteiger partial charge in [0.1, 0.15) is 0 Å². The fourth-order valence-corrected chi connectivity index (χ4v) is 3.64. The molecule has 0 atom stereocenters. The molecule has 6 nitrogen and oxygen atoms in total. The van der Waals surface area contributed by atoms with Gasteiger partial charge < -0.3 is 14.6 Å². The summed E-state index contributed by atoms with van der Waals surface area (Å²) in [6, 6.07) is 4.71. The normalized spacial score (nSPS) is 11.8. The molecule has 0 unspecified atom stereocenters. The van der Waals surface area contributed by atoms with Crippen molar-refractivity contribution in [1.82, 2.24) is 4.72 Å². The third kappa shape index (κ3) is 6.41. The predicted molar refractivity (Wildman–Crippen MR) is 82.6 cm³/mol. The maximum absolute atomic E-state index is 12.2. The lowest BCUT2D eigenvalue weighted by Gasteiger charge is -2.10. The second kappa shape index (κ2) is 9.50. The van der Waals surface area contributed by atoms with E-state index in [0.29, 0.717) is 36.3 Å². The Balaban J connectivity index is 2.50. The molecule has 0 aromatic heterocycles. The first kappa shape index (κ1) is 18.5. The topological polar surface area (TPSA) is 84.9 Å². The lowest BCUT2D eigenvalue weighted by atomic mass is 10.2. The van der Waals surface area contributed by atoms with Gasteiger partial charge in [0.25, 0.3) is 0 Å². The molecule has 21 heavy (non-hydrogen) atoms. The number of halogens is 1. The minimum absolute atomic E-state index is 0.120. The Labute approximate surface area is 133 Å². The van der Waals surface area contributed by atoms with E-state index in [9.17, 15) is 8.42 Å². The third-order valence-corrected chi connectivity index (χ3v) is 5.11. The summed E-state index contributed by atoms with van der Waals surface area (Å²) in [5, 5.41) is 9.08. The van der Waals surface area contributed by atoms with E-state index >= 15 is 0 Å². The highest BCUT2D eigenvalue weighted by Crippen LogP contribution is 2.23. The van der Waals surface area contributed by atoms with Crippen LogP contribution in [-0.2, 0) is 26.1 Å². The summed E-state index contributed by atoms with van der Waals surface area (Å²) in [4.78, 5) is 0.120. The van der Waals surface area contributed by atoms with E-state index in [-0.39, 0.29) is 18.0 Å². The van der Waals surface area contributed by atoms with Gasteiger partial charge in [-0.25, -0.2) is 13.1 Å². The van der Waals surface area contributed by atoms with Crippen molar-refractivity contribution in [2.75, 3.05) is 33.5 Å². The van der Waals surface area contributed by atoms with Gasteiger partial charge in [0, 0.05) is 24.7 Å². The Morgan fingerprint density at radius 1 is 1.29 bits per heavy atom. The number of rotatable bonds is 10. The smallest absolute Gasteiger partial charge is 0.241 e. The fourth-order valence-electron chi connectivity index (χ4n) is 1.55. The lowest BCUT2D eigenvalue weighted by Crippen LogP contribution is -2.26. The van der Waals surface area contributed by atoms with Crippen LogP contribution in [0.4, 0.5) is 0 Å². The Kier molecular flexibility index (Phi) is 8.38. The van der Waals surface area contributed by atoms with E-state index in [1.165, 1.54) is 6.07 Å². The minimum Gasteiger partial charge on any atom is -0.392 e. The number of methoxy groups -OCH3 is 1. The van der Waals surface area contributed by atoms with Gasteiger partial charge in [-0.05, 0) is 40.0 Å². The van der Waals surface area contributed by atoms with E-state index in [2.05, 4.69) is 20.7 Å². The molecule has 0 spiro atoms. The molecule has 1 aromatic carbocycles. The molecule has 0 aliphatic carbocycles. The second-order valence-corrected chi connectivity index (χ2v) is 6.87. The number of aliphatic hydroxyl groups excluding tert-OH is 1. The van der Waals surface area contributed by atoms with Crippen molar-refractivity contribution in [2.24, 2.45) is 0 Å². The van der Waals surface area contributed by atoms with Gasteiger partial charge >= 0.3 is 0 Å². The molecular formula is C13H20BrNO5S. The Hall–Kier alpha value is -0.510. The molecule has 0 amide bonds. The zero-order chi connectivity index (χ0) is 15.7. The van der Waals surface area contributed by atoms with Crippen LogP contribution in [0.25, 0.3) is 0 Å². The first-order chi connectivity index (χ1) is 10.0. The van der Waals surface area contributed by atoms with E-state index in [4.69, 9.17) is 14.6 Å². The molecule has 1 rings (SSSR count). The van der Waals surface area contributed by atoms with Crippen molar-refractivity contribution < 1.29 is 23.0 Å². The van der Waals surface area contributed by atoms with E-state index in [1.54, 1.807) is 19.2 Å². The van der Waals surface area contributed by atoms with E-state index in [0.717, 1.165) is 0 Å². The van der Waals surface area contributed by atoms with E-state index < -0.39 is 10.0 Å². The molecule has 120 valence electrons. The highest BCUT2D eigenvalue weighted by atomic mass is 79.9. The predicted octanol–water partition coefficient (Wildman–Crippen LogP) is 1.27. The lowest BCUT2D eigenvalue weighted by molar-refractivity contribution is 0.0699. The monoisotopic (exact) mass is 381 g/mol. The molecule has 0 heterocycles. The Bertz CT molecular complexity index is 535. The van der Waals surface area contributed by atoms with Crippen LogP contribution >= 0.6 is 15.9 Å². The summed E-state index contributed by atoms with van der Waals surface area (Å²) in [6.07, 6.45) is 0.570. The number of aliphatic hydroxyl groups is 1. The number of hydrogen-bond donors (Lipinski definition) is 2. The van der Waals surface area contributed by atoms with Crippen LogP contribution < -0.4 is 4.72 Å². The number of nitrogens with one attached hydrogen (secondary N) is 1. The number of sulfonamides is 1. The Morgan fingerprint density at radius 3 is 2.71 bits per heavy atom. The quantitative estimate of drug-likeness (QED) is 0.596. The van der Waals surface area contributed by atoms with Crippen LogP contribution in [-0.4, -0.2) is 47.0 Å². The molecule has 0 saturated carbocycles. The van der Waals surface area contributed by atoms with Crippen LogP contribution in [0, 0.1) is 0 Å². The highest BCUT2D eigenvalue weighted by molar-refractivity contribution is 9.10. The van der Waals surface area contributed by atoms with Gasteiger partial charge in [0.15, 0.2) is 0 Å². The van der Waals surface area contributed by atoms with Crippen LogP contribution in [0.5, 0.6) is 0 Å². The molecular weight excluding hydrogens is 362 g/mol. The summed E-state index contributed by atoms with van der Waals surface area (Å²) in [7, 11) is -2.02. The first-order valence-corrected chi connectivity index (χ1v) is 8.74. The molecule has 0 bridgehead atoms. The number of benzene rings is 1. The van der Waals surface area contributed by atoms with Gasteiger partial charge in [-0.1, -0.05) is 6.07 Å². The average Bonchev–Trinajstić information content (AvgIpc) is 2.46. The maximum Gasteiger partial charge on any atom is 0.241 e. The van der Waals surface area contributed by atoms with Gasteiger partial charge in [0.2, 0.25) is 10.0 Å². The van der Waals surface area contributed by atoms with Crippen molar-refractivity contribution in [2.45, 2.75) is 17.9 Å². The van der Waals surface area contributed by atoms with Gasteiger partial charge in [-0.3, -0.25) is 0 Å². The van der Waals surface area contributed by atoms with Crippen molar-refractivity contribution in [3.05, 3.63) is 28.2 Å². The highest BCUT2D eigenvalue weighted by Gasteiger charge is 2.17.